The first-order chi connectivity index (χ1) is 9.58. The quantitative estimate of drug-likeness (QED) is 0.626. The fourth-order valence-electron chi connectivity index (χ4n) is 2.05. The van der Waals surface area contributed by atoms with Crippen molar-refractivity contribution in [2.45, 2.75) is 32.6 Å². The molecule has 0 unspecified atom stereocenters. The van der Waals surface area contributed by atoms with E-state index in [1.54, 1.807) is 24.3 Å². The average Bonchev–Trinajstić information content (AvgIpc) is 3.20. The van der Waals surface area contributed by atoms with E-state index >= 15 is 0 Å². The van der Waals surface area contributed by atoms with Gasteiger partial charge in [-0.3, -0.25) is 9.59 Å². The largest absolute Gasteiger partial charge is 0.355 e. The van der Waals surface area contributed by atoms with E-state index in [9.17, 15) is 9.59 Å². The SMILES string of the molecule is CCCCNC(=O)C1(C(=O)Nc2cccc(Cl)c2)CC1. The van der Waals surface area contributed by atoms with Crippen molar-refractivity contribution in [3.8, 4) is 0 Å². The Balaban J connectivity index is 1.96. The highest BCUT2D eigenvalue weighted by Gasteiger charge is 2.56. The van der Waals surface area contributed by atoms with Crippen molar-refractivity contribution in [2.75, 3.05) is 11.9 Å². The van der Waals surface area contributed by atoms with Crippen LogP contribution in [-0.4, -0.2) is 18.4 Å². The van der Waals surface area contributed by atoms with Crippen LogP contribution < -0.4 is 10.6 Å². The summed E-state index contributed by atoms with van der Waals surface area (Å²) in [4.78, 5) is 24.4. The lowest BCUT2D eigenvalue weighted by Crippen LogP contribution is -2.40. The molecule has 1 saturated carbocycles. The topological polar surface area (TPSA) is 58.2 Å². The van der Waals surface area contributed by atoms with Gasteiger partial charge in [-0.1, -0.05) is 31.0 Å². The lowest BCUT2D eigenvalue weighted by atomic mass is 10.0. The van der Waals surface area contributed by atoms with Crippen molar-refractivity contribution < 1.29 is 9.59 Å². The van der Waals surface area contributed by atoms with Gasteiger partial charge in [0.05, 0.1) is 0 Å². The molecule has 0 aromatic heterocycles. The fraction of sp³-hybridized carbons (Fsp3) is 0.467. The molecular weight excluding hydrogens is 276 g/mol. The monoisotopic (exact) mass is 294 g/mol. The normalized spacial score (nSPS) is 15.5. The van der Waals surface area contributed by atoms with Gasteiger partial charge in [0.15, 0.2) is 0 Å². The minimum atomic E-state index is -0.879. The number of benzene rings is 1. The Labute approximate surface area is 123 Å². The van der Waals surface area contributed by atoms with Crippen LogP contribution in [0.1, 0.15) is 32.6 Å². The van der Waals surface area contributed by atoms with Crippen LogP contribution in [0.3, 0.4) is 0 Å². The number of rotatable bonds is 6. The molecule has 4 nitrogen and oxygen atoms in total. The summed E-state index contributed by atoms with van der Waals surface area (Å²) in [7, 11) is 0. The molecule has 20 heavy (non-hydrogen) atoms. The molecule has 1 aliphatic carbocycles. The Morgan fingerprint density at radius 2 is 2.05 bits per heavy atom. The van der Waals surface area contributed by atoms with Crippen molar-refractivity contribution in [1.82, 2.24) is 5.32 Å². The maximum atomic E-state index is 12.3. The van der Waals surface area contributed by atoms with Crippen LogP contribution in [0.2, 0.25) is 5.02 Å². The van der Waals surface area contributed by atoms with Crippen LogP contribution >= 0.6 is 11.6 Å². The molecule has 0 saturated heterocycles. The van der Waals surface area contributed by atoms with E-state index in [-0.39, 0.29) is 11.8 Å². The lowest BCUT2D eigenvalue weighted by molar-refractivity contribution is -0.134. The number of anilines is 1. The number of unbranched alkanes of at least 4 members (excludes halogenated alkanes) is 1. The predicted octanol–water partition coefficient (Wildman–Crippen LogP) is 2.98. The number of hydrogen-bond acceptors (Lipinski definition) is 2. The van der Waals surface area contributed by atoms with E-state index < -0.39 is 5.41 Å². The van der Waals surface area contributed by atoms with Crippen molar-refractivity contribution >= 4 is 29.1 Å². The number of carbonyl (C=O) groups excluding carboxylic acids is 2. The Morgan fingerprint density at radius 3 is 2.65 bits per heavy atom. The third-order valence-electron chi connectivity index (χ3n) is 3.52. The number of carbonyl (C=O) groups is 2. The van der Waals surface area contributed by atoms with E-state index in [1.807, 2.05) is 0 Å². The van der Waals surface area contributed by atoms with Crippen LogP contribution in [0.25, 0.3) is 0 Å². The number of halogens is 1. The minimum absolute atomic E-state index is 0.162. The van der Waals surface area contributed by atoms with Crippen molar-refractivity contribution in [3.63, 3.8) is 0 Å². The summed E-state index contributed by atoms with van der Waals surface area (Å²) in [6.07, 6.45) is 3.16. The molecule has 0 bridgehead atoms. The van der Waals surface area contributed by atoms with Gasteiger partial charge >= 0.3 is 0 Å². The summed E-state index contributed by atoms with van der Waals surface area (Å²) < 4.78 is 0. The summed E-state index contributed by atoms with van der Waals surface area (Å²) >= 11 is 5.87. The van der Waals surface area contributed by atoms with Crippen LogP contribution in [0.4, 0.5) is 5.69 Å². The summed E-state index contributed by atoms with van der Waals surface area (Å²) in [5.74, 6) is -0.403. The van der Waals surface area contributed by atoms with Gasteiger partial charge in [-0.05, 0) is 37.5 Å². The van der Waals surface area contributed by atoms with E-state index in [1.165, 1.54) is 0 Å². The Morgan fingerprint density at radius 1 is 1.30 bits per heavy atom. The van der Waals surface area contributed by atoms with Crippen molar-refractivity contribution in [3.05, 3.63) is 29.3 Å². The van der Waals surface area contributed by atoms with Gasteiger partial charge in [0.1, 0.15) is 5.41 Å². The Kier molecular flexibility index (Phi) is 4.65. The Bertz CT molecular complexity index is 512. The van der Waals surface area contributed by atoms with Gasteiger partial charge in [-0.25, -0.2) is 0 Å². The van der Waals surface area contributed by atoms with Gasteiger partial charge in [0, 0.05) is 17.3 Å². The molecule has 1 aromatic carbocycles. The molecule has 0 aliphatic heterocycles. The zero-order chi connectivity index (χ0) is 14.6. The summed E-state index contributed by atoms with van der Waals surface area (Å²) in [6, 6.07) is 6.93. The first kappa shape index (κ1) is 14.9. The molecule has 1 aromatic rings. The predicted molar refractivity (Wildman–Crippen MR) is 79.7 cm³/mol. The molecule has 0 atom stereocenters. The summed E-state index contributed by atoms with van der Waals surface area (Å²) in [5.41, 5.74) is -0.258. The van der Waals surface area contributed by atoms with Gasteiger partial charge in [0.2, 0.25) is 11.8 Å². The van der Waals surface area contributed by atoms with Crippen molar-refractivity contribution in [1.29, 1.82) is 0 Å². The second-order valence-corrected chi connectivity index (χ2v) is 5.59. The van der Waals surface area contributed by atoms with E-state index in [0.717, 1.165) is 12.8 Å². The Hall–Kier alpha value is -1.55. The molecule has 2 N–H and O–H groups in total. The van der Waals surface area contributed by atoms with E-state index in [4.69, 9.17) is 11.6 Å². The maximum absolute atomic E-state index is 12.3. The number of nitrogens with one attached hydrogen (secondary N) is 2. The van der Waals surface area contributed by atoms with Gasteiger partial charge in [-0.2, -0.15) is 0 Å². The first-order valence-corrected chi connectivity index (χ1v) is 7.31. The molecule has 0 radical (unpaired) electrons. The smallest absolute Gasteiger partial charge is 0.240 e. The van der Waals surface area contributed by atoms with Crippen LogP contribution in [0, 0.1) is 5.41 Å². The molecule has 108 valence electrons. The van der Waals surface area contributed by atoms with Gasteiger partial charge in [0.25, 0.3) is 0 Å². The third kappa shape index (κ3) is 3.31. The minimum Gasteiger partial charge on any atom is -0.355 e. The van der Waals surface area contributed by atoms with E-state index in [2.05, 4.69) is 17.6 Å². The highest BCUT2D eigenvalue weighted by molar-refractivity contribution is 6.31. The third-order valence-corrected chi connectivity index (χ3v) is 3.75. The molecular formula is C15H19ClN2O2. The zero-order valence-corrected chi connectivity index (χ0v) is 12.3. The van der Waals surface area contributed by atoms with Crippen LogP contribution in [0.15, 0.2) is 24.3 Å². The zero-order valence-electron chi connectivity index (χ0n) is 11.5. The second-order valence-electron chi connectivity index (χ2n) is 5.16. The highest BCUT2D eigenvalue weighted by atomic mass is 35.5. The van der Waals surface area contributed by atoms with Crippen molar-refractivity contribution in [2.24, 2.45) is 5.41 Å². The van der Waals surface area contributed by atoms with Gasteiger partial charge < -0.3 is 10.6 Å². The van der Waals surface area contributed by atoms with Gasteiger partial charge in [-0.15, -0.1) is 0 Å². The molecule has 2 amide bonds. The number of amides is 2. The molecule has 0 spiro atoms. The first-order valence-electron chi connectivity index (χ1n) is 6.94. The maximum Gasteiger partial charge on any atom is 0.240 e. The average molecular weight is 295 g/mol. The lowest BCUT2D eigenvalue weighted by Gasteiger charge is -2.15. The fourth-order valence-corrected chi connectivity index (χ4v) is 2.24. The number of hydrogen-bond donors (Lipinski definition) is 2. The molecule has 2 rings (SSSR count). The molecule has 5 heteroatoms. The highest BCUT2D eigenvalue weighted by Crippen LogP contribution is 2.46. The second kappa shape index (κ2) is 6.27. The summed E-state index contributed by atoms with van der Waals surface area (Å²) in [6.45, 7) is 2.69. The molecule has 0 heterocycles. The van der Waals surface area contributed by atoms with E-state index in [0.29, 0.717) is 30.1 Å². The van der Waals surface area contributed by atoms with Crippen LogP contribution in [0.5, 0.6) is 0 Å². The molecule has 1 fully saturated rings. The molecule has 1 aliphatic rings. The standard InChI is InChI=1S/C15H19ClN2O2/c1-2-3-9-17-13(19)15(7-8-15)14(20)18-12-6-4-5-11(16)10-12/h4-6,10H,2-3,7-9H2,1H3,(H,17,19)(H,18,20). The summed E-state index contributed by atoms with van der Waals surface area (Å²) in [5, 5.41) is 6.17. The van der Waals surface area contributed by atoms with Crippen LogP contribution in [-0.2, 0) is 9.59 Å².